The van der Waals surface area contributed by atoms with Gasteiger partial charge in [-0.3, -0.25) is 0 Å². The van der Waals surface area contributed by atoms with E-state index >= 15 is 0 Å². The molecular weight excluding hydrogens is 294 g/mol. The summed E-state index contributed by atoms with van der Waals surface area (Å²) >= 11 is 7.69. The average Bonchev–Trinajstić information content (AvgIpc) is 3.19. The molecule has 0 bridgehead atoms. The number of hydrogen-bond donors (Lipinski definition) is 1. The second-order valence-corrected chi connectivity index (χ2v) is 6.22. The Bertz CT molecular complexity index is 596. The summed E-state index contributed by atoms with van der Waals surface area (Å²) in [5.74, 6) is 0. The highest BCUT2D eigenvalue weighted by atomic mass is 35.5. The van der Waals surface area contributed by atoms with Crippen LogP contribution in [0.5, 0.6) is 0 Å². The van der Waals surface area contributed by atoms with Crippen molar-refractivity contribution in [2.45, 2.75) is 42.4 Å². The quantitative estimate of drug-likeness (QED) is 0.889. The highest BCUT2D eigenvalue weighted by Crippen LogP contribution is 2.38. The van der Waals surface area contributed by atoms with Gasteiger partial charge < -0.3 is 5.32 Å². The minimum absolute atomic E-state index is 0.483. The molecule has 5 nitrogen and oxygen atoms in total. The second kappa shape index (κ2) is 6.11. The fourth-order valence-electron chi connectivity index (χ4n) is 1.94. The maximum Gasteiger partial charge on any atom is 0.214 e. The van der Waals surface area contributed by atoms with Crippen LogP contribution in [0.4, 0.5) is 0 Å². The standard InChI is InChI=1S/C13H16ClN5S/c1-2-15-8-9-7-10(14)3-6-12(9)20-13-16-17-18-19(13)11-4-5-11/h3,6-7,11,15H,2,4-5,8H2,1H3. The van der Waals surface area contributed by atoms with Crippen molar-refractivity contribution < 1.29 is 0 Å². The molecule has 3 rings (SSSR count). The van der Waals surface area contributed by atoms with Crippen LogP contribution < -0.4 is 5.32 Å². The van der Waals surface area contributed by atoms with Crippen molar-refractivity contribution in [3.8, 4) is 0 Å². The zero-order valence-electron chi connectivity index (χ0n) is 11.2. The van der Waals surface area contributed by atoms with Gasteiger partial charge in [0.1, 0.15) is 0 Å². The molecular formula is C13H16ClN5S. The lowest BCUT2D eigenvalue weighted by Gasteiger charge is -2.10. The summed E-state index contributed by atoms with van der Waals surface area (Å²) in [5, 5.41) is 16.9. The van der Waals surface area contributed by atoms with Crippen LogP contribution >= 0.6 is 23.4 Å². The summed E-state index contributed by atoms with van der Waals surface area (Å²) < 4.78 is 1.93. The normalized spacial score (nSPS) is 14.7. The molecule has 0 atom stereocenters. The van der Waals surface area contributed by atoms with Gasteiger partial charge in [-0.05, 0) is 65.3 Å². The Morgan fingerprint density at radius 3 is 3.05 bits per heavy atom. The van der Waals surface area contributed by atoms with E-state index in [1.54, 1.807) is 11.8 Å². The first-order chi connectivity index (χ1) is 9.78. The molecule has 1 N–H and O–H groups in total. The average molecular weight is 310 g/mol. The predicted molar refractivity (Wildman–Crippen MR) is 79.0 cm³/mol. The van der Waals surface area contributed by atoms with Crippen molar-refractivity contribution in [2.75, 3.05) is 6.54 Å². The Kier molecular flexibility index (Phi) is 4.24. The first kappa shape index (κ1) is 13.9. The molecule has 0 spiro atoms. The first-order valence-electron chi connectivity index (χ1n) is 6.72. The highest BCUT2D eigenvalue weighted by Gasteiger charge is 2.28. The van der Waals surface area contributed by atoms with Crippen LogP contribution in [0.2, 0.25) is 5.02 Å². The van der Waals surface area contributed by atoms with Gasteiger partial charge in [0.2, 0.25) is 5.16 Å². The molecule has 1 heterocycles. The van der Waals surface area contributed by atoms with Crippen LogP contribution in [0.15, 0.2) is 28.3 Å². The highest BCUT2D eigenvalue weighted by molar-refractivity contribution is 7.99. The molecule has 20 heavy (non-hydrogen) atoms. The Morgan fingerprint density at radius 1 is 1.45 bits per heavy atom. The van der Waals surface area contributed by atoms with E-state index in [2.05, 4.69) is 27.8 Å². The van der Waals surface area contributed by atoms with Gasteiger partial charge in [-0.15, -0.1) is 5.10 Å². The number of rotatable bonds is 6. The molecule has 106 valence electrons. The van der Waals surface area contributed by atoms with Crippen LogP contribution in [0.25, 0.3) is 0 Å². The zero-order valence-corrected chi connectivity index (χ0v) is 12.8. The number of halogens is 1. The topological polar surface area (TPSA) is 55.6 Å². The van der Waals surface area contributed by atoms with Crippen molar-refractivity contribution >= 4 is 23.4 Å². The molecule has 1 aromatic carbocycles. The minimum atomic E-state index is 0.483. The number of aromatic nitrogens is 4. The number of nitrogens with zero attached hydrogens (tertiary/aromatic N) is 4. The summed E-state index contributed by atoms with van der Waals surface area (Å²) in [5.41, 5.74) is 1.18. The predicted octanol–water partition coefficient (Wildman–Crippen LogP) is 2.92. The van der Waals surface area contributed by atoms with Gasteiger partial charge in [-0.25, -0.2) is 4.68 Å². The largest absolute Gasteiger partial charge is 0.313 e. The number of benzene rings is 1. The van der Waals surface area contributed by atoms with E-state index in [4.69, 9.17) is 11.6 Å². The number of nitrogens with one attached hydrogen (secondary N) is 1. The second-order valence-electron chi connectivity index (χ2n) is 4.77. The van der Waals surface area contributed by atoms with Crippen molar-refractivity contribution in [1.29, 1.82) is 0 Å². The number of tetrazole rings is 1. The Balaban J connectivity index is 1.83. The fraction of sp³-hybridized carbons (Fsp3) is 0.462. The Labute approximate surface area is 127 Å². The van der Waals surface area contributed by atoms with Gasteiger partial charge in [0.05, 0.1) is 6.04 Å². The molecule has 0 saturated heterocycles. The van der Waals surface area contributed by atoms with Crippen molar-refractivity contribution in [2.24, 2.45) is 0 Å². The molecule has 1 fully saturated rings. The lowest BCUT2D eigenvalue weighted by atomic mass is 10.2. The summed E-state index contributed by atoms with van der Waals surface area (Å²) in [6.45, 7) is 3.81. The lowest BCUT2D eigenvalue weighted by molar-refractivity contribution is 0.565. The Morgan fingerprint density at radius 2 is 2.30 bits per heavy atom. The van der Waals surface area contributed by atoms with Gasteiger partial charge in [0, 0.05) is 16.5 Å². The molecule has 7 heteroatoms. The molecule has 1 saturated carbocycles. The summed E-state index contributed by atoms with van der Waals surface area (Å²) in [4.78, 5) is 1.15. The molecule has 1 aliphatic carbocycles. The fourth-order valence-corrected chi connectivity index (χ4v) is 3.09. The third-order valence-corrected chi connectivity index (χ3v) is 4.45. The number of hydrogen-bond acceptors (Lipinski definition) is 5. The van der Waals surface area contributed by atoms with E-state index in [9.17, 15) is 0 Å². The monoisotopic (exact) mass is 309 g/mol. The van der Waals surface area contributed by atoms with Gasteiger partial charge in [-0.2, -0.15) is 0 Å². The lowest BCUT2D eigenvalue weighted by Crippen LogP contribution is -2.12. The first-order valence-corrected chi connectivity index (χ1v) is 7.92. The van der Waals surface area contributed by atoms with Gasteiger partial charge in [0.15, 0.2) is 0 Å². The van der Waals surface area contributed by atoms with Gasteiger partial charge in [-0.1, -0.05) is 18.5 Å². The van der Waals surface area contributed by atoms with Crippen molar-refractivity contribution in [3.63, 3.8) is 0 Å². The minimum Gasteiger partial charge on any atom is -0.313 e. The van der Waals surface area contributed by atoms with Gasteiger partial charge in [0.25, 0.3) is 0 Å². The maximum absolute atomic E-state index is 6.09. The van der Waals surface area contributed by atoms with Crippen LogP contribution in [0.1, 0.15) is 31.4 Å². The van der Waals surface area contributed by atoms with Crippen LogP contribution in [0, 0.1) is 0 Å². The molecule has 1 aromatic heterocycles. The van der Waals surface area contributed by atoms with E-state index in [1.165, 1.54) is 18.4 Å². The molecule has 0 aliphatic heterocycles. The van der Waals surface area contributed by atoms with Crippen LogP contribution in [-0.4, -0.2) is 26.8 Å². The van der Waals surface area contributed by atoms with E-state index < -0.39 is 0 Å². The summed E-state index contributed by atoms with van der Waals surface area (Å²) in [6.07, 6.45) is 2.34. The van der Waals surface area contributed by atoms with Crippen molar-refractivity contribution in [3.05, 3.63) is 28.8 Å². The van der Waals surface area contributed by atoms with E-state index in [1.807, 2.05) is 22.9 Å². The van der Waals surface area contributed by atoms with E-state index in [-0.39, 0.29) is 0 Å². The van der Waals surface area contributed by atoms with Crippen molar-refractivity contribution in [1.82, 2.24) is 25.5 Å². The smallest absolute Gasteiger partial charge is 0.214 e. The van der Waals surface area contributed by atoms with E-state index in [0.29, 0.717) is 6.04 Å². The van der Waals surface area contributed by atoms with Crippen LogP contribution in [0.3, 0.4) is 0 Å². The third-order valence-electron chi connectivity index (χ3n) is 3.14. The van der Waals surface area contributed by atoms with Crippen LogP contribution in [-0.2, 0) is 6.54 Å². The molecule has 0 radical (unpaired) electrons. The zero-order chi connectivity index (χ0) is 13.9. The van der Waals surface area contributed by atoms with Gasteiger partial charge >= 0.3 is 0 Å². The summed E-state index contributed by atoms with van der Waals surface area (Å²) in [6, 6.07) is 6.42. The molecule has 0 amide bonds. The SMILES string of the molecule is CCNCc1cc(Cl)ccc1Sc1nnnn1C1CC1. The summed E-state index contributed by atoms with van der Waals surface area (Å²) in [7, 11) is 0. The third kappa shape index (κ3) is 3.13. The Hall–Kier alpha value is -1.11. The molecule has 0 unspecified atom stereocenters. The maximum atomic E-state index is 6.09. The molecule has 1 aliphatic rings. The molecule has 2 aromatic rings. The van der Waals surface area contributed by atoms with E-state index in [0.717, 1.165) is 28.2 Å².